The summed E-state index contributed by atoms with van der Waals surface area (Å²) in [5.41, 5.74) is 1.38. The molecule has 1 unspecified atom stereocenters. The van der Waals surface area contributed by atoms with Crippen LogP contribution >= 0.6 is 23.4 Å². The number of hydrogen-bond acceptors (Lipinski definition) is 7. The molecule has 30 heavy (non-hydrogen) atoms. The minimum atomic E-state index is -3.82. The molecular weight excluding hydrogens is 448 g/mol. The maximum absolute atomic E-state index is 12.6. The summed E-state index contributed by atoms with van der Waals surface area (Å²) in [4.78, 5) is 14.1. The van der Waals surface area contributed by atoms with Crippen molar-refractivity contribution in [3.8, 4) is 11.5 Å². The van der Waals surface area contributed by atoms with Gasteiger partial charge in [-0.15, -0.1) is 10.2 Å². The fourth-order valence-electron chi connectivity index (χ4n) is 2.59. The molecule has 1 amide bonds. The highest BCUT2D eigenvalue weighted by atomic mass is 35.5. The molecule has 3 rings (SSSR count). The van der Waals surface area contributed by atoms with Gasteiger partial charge in [0.15, 0.2) is 0 Å². The molecule has 158 valence electrons. The Morgan fingerprint density at radius 3 is 2.60 bits per heavy atom. The minimum absolute atomic E-state index is 0.00247. The van der Waals surface area contributed by atoms with Crippen molar-refractivity contribution in [2.75, 3.05) is 12.8 Å². The number of benzene rings is 2. The quantitative estimate of drug-likeness (QED) is 0.530. The van der Waals surface area contributed by atoms with E-state index in [1.165, 1.54) is 17.0 Å². The highest BCUT2D eigenvalue weighted by Crippen LogP contribution is 2.26. The predicted molar refractivity (Wildman–Crippen MR) is 114 cm³/mol. The zero-order valence-corrected chi connectivity index (χ0v) is 18.5. The van der Waals surface area contributed by atoms with Crippen LogP contribution in [0.25, 0.3) is 11.5 Å². The van der Waals surface area contributed by atoms with Gasteiger partial charge in [-0.1, -0.05) is 35.5 Å². The lowest BCUT2D eigenvalue weighted by Gasteiger charge is -2.25. The van der Waals surface area contributed by atoms with Gasteiger partial charge in [0, 0.05) is 17.6 Å². The number of carbonyl (C=O) groups excluding carboxylic acids is 1. The van der Waals surface area contributed by atoms with E-state index in [4.69, 9.17) is 21.2 Å². The second-order valence-corrected chi connectivity index (χ2v) is 9.39. The Morgan fingerprint density at radius 1 is 1.23 bits per heavy atom. The number of sulfonamides is 1. The SMILES string of the molecule is CC(c1cccc(S(N)(=O)=O)c1)N(C)C(=O)CSc1nnc(-c2ccc(Cl)cc2)o1. The third-order valence-corrected chi connectivity index (χ3v) is 6.43. The van der Waals surface area contributed by atoms with Crippen molar-refractivity contribution in [2.45, 2.75) is 23.1 Å². The van der Waals surface area contributed by atoms with Crippen molar-refractivity contribution in [1.82, 2.24) is 15.1 Å². The van der Waals surface area contributed by atoms with E-state index in [1.54, 1.807) is 50.4 Å². The summed E-state index contributed by atoms with van der Waals surface area (Å²) in [5.74, 6) is 0.237. The molecule has 11 heteroatoms. The monoisotopic (exact) mass is 466 g/mol. The lowest BCUT2D eigenvalue weighted by molar-refractivity contribution is -0.128. The van der Waals surface area contributed by atoms with Crippen LogP contribution in [0.5, 0.6) is 0 Å². The fraction of sp³-hybridized carbons (Fsp3) is 0.211. The molecule has 0 bridgehead atoms. The Hall–Kier alpha value is -2.40. The Morgan fingerprint density at radius 2 is 1.93 bits per heavy atom. The van der Waals surface area contributed by atoms with E-state index in [2.05, 4.69) is 10.2 Å². The molecular formula is C19H19ClN4O4S2. The van der Waals surface area contributed by atoms with Crippen molar-refractivity contribution < 1.29 is 17.6 Å². The molecule has 1 atom stereocenters. The Bertz CT molecular complexity index is 1150. The smallest absolute Gasteiger partial charge is 0.277 e. The van der Waals surface area contributed by atoms with Gasteiger partial charge in [-0.25, -0.2) is 13.6 Å². The summed E-state index contributed by atoms with van der Waals surface area (Å²) in [6.07, 6.45) is 0. The third kappa shape index (κ3) is 5.39. The van der Waals surface area contributed by atoms with E-state index in [-0.39, 0.29) is 27.8 Å². The lowest BCUT2D eigenvalue weighted by atomic mass is 10.1. The summed E-state index contributed by atoms with van der Waals surface area (Å²) in [6, 6.07) is 12.8. The number of halogens is 1. The van der Waals surface area contributed by atoms with E-state index in [0.29, 0.717) is 16.5 Å². The van der Waals surface area contributed by atoms with E-state index in [9.17, 15) is 13.2 Å². The Balaban J connectivity index is 1.63. The van der Waals surface area contributed by atoms with E-state index < -0.39 is 10.0 Å². The minimum Gasteiger partial charge on any atom is -0.411 e. The molecule has 8 nitrogen and oxygen atoms in total. The molecule has 0 aliphatic rings. The first-order valence-corrected chi connectivity index (χ1v) is 11.7. The first-order valence-electron chi connectivity index (χ1n) is 8.76. The van der Waals surface area contributed by atoms with Crippen LogP contribution in [0.2, 0.25) is 5.02 Å². The number of thioether (sulfide) groups is 1. The molecule has 1 aromatic heterocycles. The second-order valence-electron chi connectivity index (χ2n) is 6.47. The second kappa shape index (κ2) is 9.17. The van der Waals surface area contributed by atoms with Crippen molar-refractivity contribution in [3.05, 3.63) is 59.1 Å². The van der Waals surface area contributed by atoms with Crippen molar-refractivity contribution in [3.63, 3.8) is 0 Å². The number of primary sulfonamides is 1. The van der Waals surface area contributed by atoms with Gasteiger partial charge in [-0.05, 0) is 48.9 Å². The molecule has 0 fully saturated rings. The Kier molecular flexibility index (Phi) is 6.81. The third-order valence-electron chi connectivity index (χ3n) is 4.46. The van der Waals surface area contributed by atoms with Crippen LogP contribution in [-0.4, -0.2) is 42.2 Å². The zero-order valence-electron chi connectivity index (χ0n) is 16.1. The fourth-order valence-corrected chi connectivity index (χ4v) is 3.98. The zero-order chi connectivity index (χ0) is 21.9. The van der Waals surface area contributed by atoms with E-state index in [0.717, 1.165) is 17.3 Å². The van der Waals surface area contributed by atoms with Crippen LogP contribution in [0.4, 0.5) is 0 Å². The maximum atomic E-state index is 12.6. The predicted octanol–water partition coefficient (Wildman–Crippen LogP) is 3.35. The first kappa shape index (κ1) is 22.3. The number of nitrogens with two attached hydrogens (primary N) is 1. The van der Waals surface area contributed by atoms with Crippen LogP contribution in [0, 0.1) is 0 Å². The van der Waals surface area contributed by atoms with Gasteiger partial charge in [0.2, 0.25) is 21.8 Å². The molecule has 0 aliphatic heterocycles. The standard InChI is InChI=1S/C19H19ClN4O4S2/c1-12(14-4-3-5-16(10-14)30(21,26)27)24(2)17(25)11-29-19-23-22-18(28-19)13-6-8-15(20)9-7-13/h3-10,12H,11H2,1-2H3,(H2,21,26,27). The van der Waals surface area contributed by atoms with Crippen LogP contribution in [0.3, 0.4) is 0 Å². The van der Waals surface area contributed by atoms with Crippen molar-refractivity contribution in [1.29, 1.82) is 0 Å². The van der Waals surface area contributed by atoms with Gasteiger partial charge in [-0.2, -0.15) is 0 Å². The van der Waals surface area contributed by atoms with Crippen LogP contribution in [0.15, 0.2) is 63.1 Å². The summed E-state index contributed by atoms with van der Waals surface area (Å²) in [6.45, 7) is 1.80. The molecule has 2 N–H and O–H groups in total. The lowest BCUT2D eigenvalue weighted by Crippen LogP contribution is -2.31. The molecule has 0 saturated heterocycles. The molecule has 0 aliphatic carbocycles. The summed E-state index contributed by atoms with van der Waals surface area (Å²) in [7, 11) is -2.17. The van der Waals surface area contributed by atoms with Crippen molar-refractivity contribution >= 4 is 39.3 Å². The maximum Gasteiger partial charge on any atom is 0.277 e. The van der Waals surface area contributed by atoms with Crippen LogP contribution < -0.4 is 5.14 Å². The Labute approximate surface area is 183 Å². The average molecular weight is 467 g/mol. The highest BCUT2D eigenvalue weighted by Gasteiger charge is 2.20. The van der Waals surface area contributed by atoms with Gasteiger partial charge in [0.05, 0.1) is 16.7 Å². The van der Waals surface area contributed by atoms with Crippen LogP contribution in [-0.2, 0) is 14.8 Å². The number of amides is 1. The number of rotatable bonds is 7. The van der Waals surface area contributed by atoms with Gasteiger partial charge < -0.3 is 9.32 Å². The number of aromatic nitrogens is 2. The normalized spacial score (nSPS) is 12.5. The van der Waals surface area contributed by atoms with E-state index >= 15 is 0 Å². The summed E-state index contributed by atoms with van der Waals surface area (Å²) >= 11 is 6.99. The number of carbonyl (C=O) groups is 1. The topological polar surface area (TPSA) is 119 Å². The largest absolute Gasteiger partial charge is 0.411 e. The first-order chi connectivity index (χ1) is 14.1. The van der Waals surface area contributed by atoms with Gasteiger partial charge in [0.25, 0.3) is 5.22 Å². The molecule has 2 aromatic carbocycles. The molecule has 3 aromatic rings. The average Bonchev–Trinajstić information content (AvgIpc) is 3.20. The van der Waals surface area contributed by atoms with Crippen LogP contribution in [0.1, 0.15) is 18.5 Å². The highest BCUT2D eigenvalue weighted by molar-refractivity contribution is 7.99. The summed E-state index contributed by atoms with van der Waals surface area (Å²) in [5, 5.41) is 14.0. The number of nitrogens with zero attached hydrogens (tertiary/aromatic N) is 3. The number of hydrogen-bond donors (Lipinski definition) is 1. The molecule has 1 heterocycles. The molecule has 0 saturated carbocycles. The van der Waals surface area contributed by atoms with Gasteiger partial charge >= 0.3 is 0 Å². The van der Waals surface area contributed by atoms with Gasteiger partial charge in [-0.3, -0.25) is 4.79 Å². The van der Waals surface area contributed by atoms with Crippen molar-refractivity contribution in [2.24, 2.45) is 5.14 Å². The van der Waals surface area contributed by atoms with Gasteiger partial charge in [0.1, 0.15) is 0 Å². The molecule has 0 radical (unpaired) electrons. The van der Waals surface area contributed by atoms with E-state index in [1.807, 2.05) is 0 Å². The summed E-state index contributed by atoms with van der Waals surface area (Å²) < 4.78 is 28.7. The molecule has 0 spiro atoms.